The number of hydrogen-bond acceptors (Lipinski definition) is 3. The summed E-state index contributed by atoms with van der Waals surface area (Å²) in [6, 6.07) is 14.3. The normalized spacial score (nSPS) is 14.2. The molecule has 3 aromatic rings. The van der Waals surface area contributed by atoms with Crippen LogP contribution in [0.3, 0.4) is 0 Å². The van der Waals surface area contributed by atoms with Crippen LogP contribution in [-0.2, 0) is 19.4 Å². The van der Waals surface area contributed by atoms with Crippen LogP contribution in [0.2, 0.25) is 0 Å². The summed E-state index contributed by atoms with van der Waals surface area (Å²) in [6.45, 7) is 2.62. The highest BCUT2D eigenvalue weighted by molar-refractivity contribution is 5.74. The molecule has 0 saturated heterocycles. The van der Waals surface area contributed by atoms with Crippen LogP contribution in [0.15, 0.2) is 53.3 Å². The second kappa shape index (κ2) is 9.46. The van der Waals surface area contributed by atoms with Gasteiger partial charge in [-0.2, -0.15) is 5.10 Å². The first-order valence-electron chi connectivity index (χ1n) is 11.0. The van der Waals surface area contributed by atoms with Gasteiger partial charge in [0.05, 0.1) is 12.8 Å². The fourth-order valence-electron chi connectivity index (χ4n) is 4.72. The first-order chi connectivity index (χ1) is 15.1. The van der Waals surface area contributed by atoms with E-state index >= 15 is 0 Å². The van der Waals surface area contributed by atoms with Gasteiger partial charge in [0.2, 0.25) is 0 Å². The fraction of sp³-hybridized carbons (Fsp3) is 0.385. The second-order valence-electron chi connectivity index (χ2n) is 8.41. The number of hydrogen-bond donors (Lipinski definition) is 0. The molecule has 5 heteroatoms. The molecular formula is C26H29FN2O2. The van der Waals surface area contributed by atoms with Crippen LogP contribution in [-0.4, -0.2) is 16.9 Å². The molecule has 0 N–H and O–H groups in total. The molecule has 4 nitrogen and oxygen atoms in total. The van der Waals surface area contributed by atoms with Crippen molar-refractivity contribution in [2.24, 2.45) is 5.92 Å². The molecule has 0 unspecified atom stereocenters. The zero-order valence-corrected chi connectivity index (χ0v) is 18.2. The summed E-state index contributed by atoms with van der Waals surface area (Å²) in [5, 5.41) is 4.71. The molecule has 0 spiro atoms. The fourth-order valence-corrected chi connectivity index (χ4v) is 4.72. The van der Waals surface area contributed by atoms with Crippen LogP contribution < -0.4 is 10.3 Å². The molecule has 0 amide bonds. The zero-order valence-electron chi connectivity index (χ0n) is 18.2. The summed E-state index contributed by atoms with van der Waals surface area (Å²) in [5.74, 6) is 0.970. The Bertz CT molecular complexity index is 1120. The third kappa shape index (κ3) is 4.71. The number of benzene rings is 2. The third-order valence-electron chi connectivity index (χ3n) is 6.26. The highest BCUT2D eigenvalue weighted by Crippen LogP contribution is 2.33. The van der Waals surface area contributed by atoms with Gasteiger partial charge in [0.25, 0.3) is 5.56 Å². The number of aryl methyl sites for hydroxylation is 2. The van der Waals surface area contributed by atoms with Crippen molar-refractivity contribution in [2.45, 2.75) is 52.0 Å². The highest BCUT2D eigenvalue weighted by Gasteiger charge is 2.22. The van der Waals surface area contributed by atoms with Crippen molar-refractivity contribution in [1.82, 2.24) is 9.78 Å². The number of ether oxygens (including phenoxy) is 1. The molecule has 162 valence electrons. The van der Waals surface area contributed by atoms with Gasteiger partial charge in [-0.05, 0) is 62.3 Å². The van der Waals surface area contributed by atoms with Crippen LogP contribution in [0.25, 0.3) is 11.1 Å². The predicted molar refractivity (Wildman–Crippen MR) is 121 cm³/mol. The maximum absolute atomic E-state index is 13.7. The zero-order chi connectivity index (χ0) is 21.8. The molecule has 31 heavy (non-hydrogen) atoms. The minimum atomic E-state index is -0.257. The molecule has 0 atom stereocenters. The molecule has 2 aromatic carbocycles. The van der Waals surface area contributed by atoms with E-state index in [-0.39, 0.29) is 11.4 Å². The Hall–Kier alpha value is -2.95. The lowest BCUT2D eigenvalue weighted by Crippen LogP contribution is -2.30. The average molecular weight is 421 g/mol. The van der Waals surface area contributed by atoms with Gasteiger partial charge in [-0.3, -0.25) is 4.79 Å². The lowest BCUT2D eigenvalue weighted by molar-refractivity contribution is 0.409. The van der Waals surface area contributed by atoms with Crippen LogP contribution in [0.5, 0.6) is 5.75 Å². The quantitative estimate of drug-likeness (QED) is 0.518. The van der Waals surface area contributed by atoms with Gasteiger partial charge in [-0.25, -0.2) is 9.07 Å². The van der Waals surface area contributed by atoms with Crippen molar-refractivity contribution in [3.8, 4) is 16.9 Å². The lowest BCUT2D eigenvalue weighted by atomic mass is 9.94. The van der Waals surface area contributed by atoms with E-state index in [9.17, 15) is 9.18 Å². The predicted octanol–water partition coefficient (Wildman–Crippen LogP) is 5.34. The smallest absolute Gasteiger partial charge is 0.270 e. The molecule has 1 saturated carbocycles. The average Bonchev–Trinajstić information content (AvgIpc) is 3.28. The monoisotopic (exact) mass is 420 g/mol. The highest BCUT2D eigenvalue weighted by atomic mass is 19.1. The van der Waals surface area contributed by atoms with Crippen molar-refractivity contribution < 1.29 is 9.13 Å². The minimum absolute atomic E-state index is 0.0465. The first-order valence-corrected chi connectivity index (χ1v) is 11.0. The first kappa shape index (κ1) is 21.3. The molecule has 1 aliphatic carbocycles. The molecule has 1 aliphatic rings. The van der Waals surface area contributed by atoms with E-state index in [1.165, 1.54) is 25.0 Å². The van der Waals surface area contributed by atoms with Gasteiger partial charge in [0.1, 0.15) is 11.6 Å². The Morgan fingerprint density at radius 3 is 2.61 bits per heavy atom. The lowest BCUT2D eigenvalue weighted by Gasteiger charge is -2.19. The van der Waals surface area contributed by atoms with Gasteiger partial charge in [0.15, 0.2) is 0 Å². The number of aromatic nitrogens is 2. The van der Waals surface area contributed by atoms with E-state index in [4.69, 9.17) is 9.84 Å². The second-order valence-corrected chi connectivity index (χ2v) is 8.41. The molecule has 0 bridgehead atoms. The van der Waals surface area contributed by atoms with Crippen molar-refractivity contribution in [3.63, 3.8) is 0 Å². The molecule has 1 heterocycles. The summed E-state index contributed by atoms with van der Waals surface area (Å²) < 4.78 is 20.9. The van der Waals surface area contributed by atoms with E-state index < -0.39 is 0 Å². The molecule has 4 rings (SSSR count). The minimum Gasteiger partial charge on any atom is -0.496 e. The maximum Gasteiger partial charge on any atom is 0.270 e. The van der Waals surface area contributed by atoms with Gasteiger partial charge >= 0.3 is 0 Å². The summed E-state index contributed by atoms with van der Waals surface area (Å²) in [7, 11) is 1.63. The molecule has 0 aliphatic heterocycles. The Morgan fingerprint density at radius 2 is 1.87 bits per heavy atom. The van der Waals surface area contributed by atoms with Gasteiger partial charge in [0, 0.05) is 23.2 Å². The van der Waals surface area contributed by atoms with Gasteiger partial charge < -0.3 is 4.74 Å². The number of rotatable bonds is 7. The van der Waals surface area contributed by atoms with Gasteiger partial charge in [-0.15, -0.1) is 0 Å². The summed E-state index contributed by atoms with van der Waals surface area (Å²) >= 11 is 0. The van der Waals surface area contributed by atoms with Crippen LogP contribution >= 0.6 is 0 Å². The van der Waals surface area contributed by atoms with Crippen LogP contribution in [0, 0.1) is 18.7 Å². The van der Waals surface area contributed by atoms with Crippen molar-refractivity contribution in [1.29, 1.82) is 0 Å². The van der Waals surface area contributed by atoms with Crippen LogP contribution in [0.4, 0.5) is 4.39 Å². The standard InChI is InChI=1S/C26H29FN2O2/c1-18-25(22-12-5-6-13-24(22)31-2)23(15-14-19-10-7-11-21(27)16-19)26(30)29(28-18)17-20-8-3-4-9-20/h5-7,10-13,16,20H,3-4,8-9,14-15,17H2,1-2H3. The number of para-hydroxylation sites is 1. The van der Waals surface area contributed by atoms with Crippen molar-refractivity contribution >= 4 is 0 Å². The van der Waals surface area contributed by atoms with Gasteiger partial charge in [-0.1, -0.05) is 43.2 Å². The largest absolute Gasteiger partial charge is 0.496 e. The Balaban J connectivity index is 1.78. The molecule has 1 fully saturated rings. The maximum atomic E-state index is 13.7. The van der Waals surface area contributed by atoms with E-state index in [0.717, 1.165) is 40.8 Å². The Kier molecular flexibility index (Phi) is 6.50. The van der Waals surface area contributed by atoms with E-state index in [1.807, 2.05) is 37.3 Å². The van der Waals surface area contributed by atoms with Crippen molar-refractivity contribution in [2.75, 3.05) is 7.11 Å². The summed E-state index contributed by atoms with van der Waals surface area (Å²) in [4.78, 5) is 13.6. The third-order valence-corrected chi connectivity index (χ3v) is 6.26. The molecule has 1 aromatic heterocycles. The van der Waals surface area contributed by atoms with Crippen molar-refractivity contribution in [3.05, 3.63) is 81.5 Å². The van der Waals surface area contributed by atoms with E-state index in [1.54, 1.807) is 17.9 Å². The summed E-state index contributed by atoms with van der Waals surface area (Å²) in [6.07, 6.45) is 5.86. The number of methoxy groups -OCH3 is 1. The van der Waals surface area contributed by atoms with E-state index in [2.05, 4.69) is 0 Å². The molecule has 0 radical (unpaired) electrons. The SMILES string of the molecule is COc1ccccc1-c1c(C)nn(CC2CCCC2)c(=O)c1CCc1cccc(F)c1. The topological polar surface area (TPSA) is 44.1 Å². The molecular weight excluding hydrogens is 391 g/mol. The number of nitrogens with zero attached hydrogens (tertiary/aromatic N) is 2. The van der Waals surface area contributed by atoms with E-state index in [0.29, 0.717) is 31.1 Å². The summed E-state index contributed by atoms with van der Waals surface area (Å²) in [5.41, 5.74) is 4.07. The van der Waals surface area contributed by atoms with Crippen LogP contribution in [0.1, 0.15) is 42.5 Å². The Morgan fingerprint density at radius 1 is 1.10 bits per heavy atom. The Labute approximate surface area is 182 Å². The number of halogens is 1.